The molecule has 0 radical (unpaired) electrons. The fraction of sp³-hybridized carbons (Fsp3) is 0.667. The zero-order valence-electron chi connectivity index (χ0n) is 5.27. The van der Waals surface area contributed by atoms with Gasteiger partial charge in [0.1, 0.15) is 12.9 Å². The van der Waals surface area contributed by atoms with Crippen LogP contribution in [0.1, 0.15) is 13.8 Å². The lowest BCUT2D eigenvalue weighted by atomic mass is 10.3. The van der Waals surface area contributed by atoms with Gasteiger partial charge in [0.15, 0.2) is 0 Å². The molecule has 0 aromatic rings. The summed E-state index contributed by atoms with van der Waals surface area (Å²) in [5.41, 5.74) is 1.11. The molecule has 46 valence electrons. The zero-order valence-corrected chi connectivity index (χ0v) is 5.27. The molecule has 1 N–H and O–H groups in total. The minimum atomic E-state index is 0.472. The number of hydrogen-bond acceptors (Lipinski definition) is 2. The van der Waals surface area contributed by atoms with Crippen molar-refractivity contribution < 1.29 is 4.74 Å². The summed E-state index contributed by atoms with van der Waals surface area (Å²) in [6.45, 7) is 4.88. The normalized spacial score (nSPS) is 27.8. The van der Waals surface area contributed by atoms with Gasteiger partial charge in [-0.05, 0) is 13.8 Å². The van der Waals surface area contributed by atoms with Gasteiger partial charge in [-0.25, -0.2) is 0 Å². The van der Waals surface area contributed by atoms with Gasteiger partial charge in [0.25, 0.3) is 0 Å². The predicted molar refractivity (Wildman–Crippen MR) is 32.3 cm³/mol. The minimum absolute atomic E-state index is 0.472. The van der Waals surface area contributed by atoms with Crippen LogP contribution < -0.4 is 5.32 Å². The topological polar surface area (TPSA) is 21.3 Å². The fourth-order valence-electron chi connectivity index (χ4n) is 0.782. The molecule has 0 bridgehead atoms. The molecule has 0 aliphatic carbocycles. The van der Waals surface area contributed by atoms with Crippen LogP contribution in [0.15, 0.2) is 12.0 Å². The van der Waals surface area contributed by atoms with E-state index in [-0.39, 0.29) is 0 Å². The highest BCUT2D eigenvalue weighted by Crippen LogP contribution is 1.98. The van der Waals surface area contributed by atoms with E-state index in [0.29, 0.717) is 6.04 Å². The molecule has 1 aliphatic heterocycles. The lowest BCUT2D eigenvalue weighted by Gasteiger charge is -2.19. The summed E-state index contributed by atoms with van der Waals surface area (Å²) >= 11 is 0. The van der Waals surface area contributed by atoms with Crippen LogP contribution >= 0.6 is 0 Å². The van der Waals surface area contributed by atoms with Crippen LogP contribution in [-0.2, 0) is 4.74 Å². The van der Waals surface area contributed by atoms with E-state index < -0.39 is 0 Å². The zero-order chi connectivity index (χ0) is 5.98. The maximum atomic E-state index is 5.07. The van der Waals surface area contributed by atoms with Crippen LogP contribution in [0.25, 0.3) is 0 Å². The molecule has 0 aromatic heterocycles. The van der Waals surface area contributed by atoms with Crippen molar-refractivity contribution in [2.75, 3.05) is 6.61 Å². The summed E-state index contributed by atoms with van der Waals surface area (Å²) in [5.74, 6) is 0. The lowest BCUT2D eigenvalue weighted by molar-refractivity contribution is 0.196. The molecule has 1 heterocycles. The Kier molecular flexibility index (Phi) is 1.42. The molecule has 2 nitrogen and oxygen atoms in total. The molecule has 8 heavy (non-hydrogen) atoms. The Bertz CT molecular complexity index is 109. The molecule has 2 heteroatoms. The molecule has 0 saturated heterocycles. The van der Waals surface area contributed by atoms with E-state index in [1.165, 1.54) is 0 Å². The molecular formula is C6H11NO. The maximum Gasteiger partial charge on any atom is 0.107 e. The van der Waals surface area contributed by atoms with E-state index in [4.69, 9.17) is 4.74 Å². The summed E-state index contributed by atoms with van der Waals surface area (Å²) in [4.78, 5) is 0. The maximum absolute atomic E-state index is 5.07. The standard InChI is InChI=1S/C6H11NO/c1-5-3-8-4-6(2)7-5/h3,6-7H,4H2,1-2H3. The second kappa shape index (κ2) is 2.07. The third kappa shape index (κ3) is 1.15. The monoisotopic (exact) mass is 113 g/mol. The van der Waals surface area contributed by atoms with Gasteiger partial charge >= 0.3 is 0 Å². The van der Waals surface area contributed by atoms with Crippen molar-refractivity contribution in [1.29, 1.82) is 0 Å². The van der Waals surface area contributed by atoms with Crippen molar-refractivity contribution in [2.45, 2.75) is 19.9 Å². The van der Waals surface area contributed by atoms with E-state index >= 15 is 0 Å². The van der Waals surface area contributed by atoms with E-state index in [0.717, 1.165) is 12.3 Å². The predicted octanol–water partition coefficient (Wildman–Crippen LogP) is 0.856. The third-order valence-electron chi connectivity index (χ3n) is 1.08. The first-order valence-electron chi connectivity index (χ1n) is 2.84. The molecule has 0 amide bonds. The summed E-state index contributed by atoms with van der Waals surface area (Å²) in [5, 5.41) is 3.22. The second-order valence-electron chi connectivity index (χ2n) is 2.18. The van der Waals surface area contributed by atoms with Gasteiger partial charge < -0.3 is 10.1 Å². The summed E-state index contributed by atoms with van der Waals surface area (Å²) in [6.07, 6.45) is 1.75. The highest BCUT2D eigenvalue weighted by molar-refractivity contribution is 4.95. The van der Waals surface area contributed by atoms with E-state index in [1.807, 2.05) is 6.92 Å². The van der Waals surface area contributed by atoms with E-state index in [2.05, 4.69) is 12.2 Å². The van der Waals surface area contributed by atoms with Crippen LogP contribution in [0.5, 0.6) is 0 Å². The van der Waals surface area contributed by atoms with Crippen molar-refractivity contribution in [3.05, 3.63) is 12.0 Å². The second-order valence-corrected chi connectivity index (χ2v) is 2.18. The van der Waals surface area contributed by atoms with Crippen LogP contribution in [0.2, 0.25) is 0 Å². The van der Waals surface area contributed by atoms with Gasteiger partial charge in [0, 0.05) is 5.70 Å². The Morgan fingerprint density at radius 1 is 1.88 bits per heavy atom. The minimum Gasteiger partial charge on any atom is -0.497 e. The molecule has 0 aromatic carbocycles. The third-order valence-corrected chi connectivity index (χ3v) is 1.08. The molecule has 1 atom stereocenters. The van der Waals surface area contributed by atoms with Crippen LogP contribution in [0.4, 0.5) is 0 Å². The Morgan fingerprint density at radius 2 is 2.62 bits per heavy atom. The first-order chi connectivity index (χ1) is 3.79. The molecular weight excluding hydrogens is 102 g/mol. The Hall–Kier alpha value is -0.660. The quantitative estimate of drug-likeness (QED) is 0.503. The van der Waals surface area contributed by atoms with Crippen LogP contribution in [0.3, 0.4) is 0 Å². The Morgan fingerprint density at radius 3 is 3.00 bits per heavy atom. The first kappa shape index (κ1) is 5.48. The number of rotatable bonds is 0. The average Bonchev–Trinajstić information content (AvgIpc) is 1.64. The first-order valence-corrected chi connectivity index (χ1v) is 2.84. The number of hydrogen-bond donors (Lipinski definition) is 1. The Labute approximate surface area is 49.5 Å². The van der Waals surface area contributed by atoms with Crippen molar-refractivity contribution in [3.63, 3.8) is 0 Å². The average molecular weight is 113 g/mol. The Balaban J connectivity index is 2.45. The number of ether oxygens (including phenoxy) is 1. The fourth-order valence-corrected chi connectivity index (χ4v) is 0.782. The molecule has 1 unspecified atom stereocenters. The number of allylic oxidation sites excluding steroid dienone is 1. The van der Waals surface area contributed by atoms with Gasteiger partial charge in [-0.3, -0.25) is 0 Å². The molecule has 0 saturated carbocycles. The summed E-state index contributed by atoms with van der Waals surface area (Å²) in [7, 11) is 0. The molecule has 0 spiro atoms. The highest BCUT2D eigenvalue weighted by atomic mass is 16.5. The van der Waals surface area contributed by atoms with Crippen molar-refractivity contribution in [1.82, 2.24) is 5.32 Å². The molecule has 1 rings (SSSR count). The van der Waals surface area contributed by atoms with Crippen molar-refractivity contribution in [2.24, 2.45) is 0 Å². The van der Waals surface area contributed by atoms with Gasteiger partial charge in [-0.15, -0.1) is 0 Å². The van der Waals surface area contributed by atoms with E-state index in [1.54, 1.807) is 6.26 Å². The van der Waals surface area contributed by atoms with Crippen molar-refractivity contribution >= 4 is 0 Å². The van der Waals surface area contributed by atoms with Gasteiger partial charge in [0.2, 0.25) is 0 Å². The largest absolute Gasteiger partial charge is 0.497 e. The summed E-state index contributed by atoms with van der Waals surface area (Å²) < 4.78 is 5.07. The molecule has 0 fully saturated rings. The van der Waals surface area contributed by atoms with Gasteiger partial charge in [-0.1, -0.05) is 0 Å². The molecule has 1 aliphatic rings. The highest BCUT2D eigenvalue weighted by Gasteiger charge is 2.04. The lowest BCUT2D eigenvalue weighted by Crippen LogP contribution is -2.31. The van der Waals surface area contributed by atoms with Gasteiger partial charge in [0.05, 0.1) is 6.04 Å². The smallest absolute Gasteiger partial charge is 0.107 e. The van der Waals surface area contributed by atoms with Crippen molar-refractivity contribution in [3.8, 4) is 0 Å². The SMILES string of the molecule is CC1=COCC(C)N1. The number of nitrogens with one attached hydrogen (secondary N) is 1. The van der Waals surface area contributed by atoms with Crippen LogP contribution in [0, 0.1) is 0 Å². The van der Waals surface area contributed by atoms with E-state index in [9.17, 15) is 0 Å². The van der Waals surface area contributed by atoms with Gasteiger partial charge in [-0.2, -0.15) is 0 Å². The van der Waals surface area contributed by atoms with Crippen LogP contribution in [-0.4, -0.2) is 12.6 Å². The summed E-state index contributed by atoms with van der Waals surface area (Å²) in [6, 6.07) is 0.472.